The number of thiazole rings is 1. The fourth-order valence-corrected chi connectivity index (χ4v) is 11.2. The number of ether oxygens (including phenoxy) is 1. The minimum Gasteiger partial charge on any atom is -0.476 e. The molecule has 2 aromatic carbocycles. The van der Waals surface area contributed by atoms with Crippen molar-refractivity contribution < 1.29 is 19.4 Å². The Morgan fingerprint density at radius 3 is 2.64 bits per heavy atom. The Kier molecular flexibility index (Phi) is 8.59. The van der Waals surface area contributed by atoms with Gasteiger partial charge in [-0.25, -0.2) is 14.8 Å². The number of nitrogens with one attached hydrogen (secondary N) is 2. The number of carboxylic acids is 1. The summed E-state index contributed by atoms with van der Waals surface area (Å²) in [5.41, 5.74) is 5.88. The van der Waals surface area contributed by atoms with Crippen LogP contribution in [0.5, 0.6) is 0 Å². The van der Waals surface area contributed by atoms with Gasteiger partial charge in [0.25, 0.3) is 5.91 Å². The summed E-state index contributed by atoms with van der Waals surface area (Å²) in [6.45, 7) is 5.56. The van der Waals surface area contributed by atoms with Gasteiger partial charge >= 0.3 is 5.97 Å². The Balaban J connectivity index is 0.950. The van der Waals surface area contributed by atoms with Crippen molar-refractivity contribution in [2.45, 2.75) is 70.6 Å². The van der Waals surface area contributed by atoms with Crippen molar-refractivity contribution in [2.24, 2.45) is 17.3 Å². The minimum atomic E-state index is -1.08. The Labute approximate surface area is 312 Å². The first-order chi connectivity index (χ1) is 25.7. The second kappa shape index (κ2) is 13.3. The molecule has 3 aromatic heterocycles. The zero-order valence-corrected chi connectivity index (χ0v) is 31.0. The fraction of sp³-hybridized carbons (Fsp3) is 0.439. The zero-order chi connectivity index (χ0) is 36.3. The number of rotatable bonds is 11. The lowest BCUT2D eigenvalue weighted by Crippen LogP contribution is -2.58. The highest BCUT2D eigenvalue weighted by Crippen LogP contribution is 2.63. The molecular formula is C41H45N7O4S. The highest BCUT2D eigenvalue weighted by Gasteiger charge is 2.58. The molecule has 53 heavy (non-hydrogen) atoms. The van der Waals surface area contributed by atoms with E-state index in [0.717, 1.165) is 58.7 Å². The van der Waals surface area contributed by atoms with Gasteiger partial charge in [-0.1, -0.05) is 35.6 Å². The van der Waals surface area contributed by atoms with Crippen LogP contribution in [0, 0.1) is 24.2 Å². The lowest BCUT2D eigenvalue weighted by molar-refractivity contribution is -0.196. The van der Waals surface area contributed by atoms with E-state index in [9.17, 15) is 14.7 Å². The van der Waals surface area contributed by atoms with Crippen molar-refractivity contribution in [1.82, 2.24) is 25.1 Å². The number of carboxylic acid groups (broad SMARTS) is 1. The second-order valence-electron chi connectivity index (χ2n) is 15.8. The van der Waals surface area contributed by atoms with Crippen LogP contribution in [0.4, 0.5) is 10.9 Å². The number of hydrogen-bond acceptors (Lipinski definition) is 9. The third-order valence-corrected chi connectivity index (χ3v) is 13.2. The predicted molar refractivity (Wildman–Crippen MR) is 206 cm³/mol. The molecule has 4 heterocycles. The average Bonchev–Trinajstić information content (AvgIpc) is 3.71. The third kappa shape index (κ3) is 6.30. The Bertz CT molecular complexity index is 2180. The third-order valence-electron chi connectivity index (χ3n) is 12.2. The van der Waals surface area contributed by atoms with E-state index in [1.165, 1.54) is 43.4 Å². The number of carbonyl (C=O) groups is 2. The molecular weight excluding hydrogens is 687 g/mol. The normalized spacial score (nSPS) is 24.5. The van der Waals surface area contributed by atoms with Crippen LogP contribution in [0.2, 0.25) is 0 Å². The van der Waals surface area contributed by atoms with Gasteiger partial charge < -0.3 is 20.1 Å². The number of amides is 1. The number of aromatic carboxylic acids is 1. The number of carbonyl (C=O) groups excluding carboxylic acids is 1. The fourth-order valence-electron chi connectivity index (χ4n) is 10.4. The maximum atomic E-state index is 13.6. The molecule has 4 aliphatic carbocycles. The number of pyridine rings is 1. The van der Waals surface area contributed by atoms with E-state index in [1.54, 1.807) is 0 Å². The van der Waals surface area contributed by atoms with E-state index in [-0.39, 0.29) is 22.6 Å². The summed E-state index contributed by atoms with van der Waals surface area (Å²) in [7, 11) is 1.97. The first kappa shape index (κ1) is 34.1. The molecule has 3 N–H and O–H groups in total. The van der Waals surface area contributed by atoms with Crippen molar-refractivity contribution >= 4 is 44.4 Å². The van der Waals surface area contributed by atoms with Crippen LogP contribution in [0.3, 0.4) is 0 Å². The van der Waals surface area contributed by atoms with Crippen LogP contribution in [-0.4, -0.2) is 69.1 Å². The number of anilines is 2. The molecule has 0 spiro atoms. The molecule has 0 radical (unpaired) electrons. The van der Waals surface area contributed by atoms with Gasteiger partial charge in [0.15, 0.2) is 10.8 Å². The van der Waals surface area contributed by atoms with E-state index < -0.39 is 5.97 Å². The Morgan fingerprint density at radius 1 is 1.02 bits per heavy atom. The maximum Gasteiger partial charge on any atom is 0.355 e. The largest absolute Gasteiger partial charge is 0.476 e. The number of aromatic nitrogens is 4. The van der Waals surface area contributed by atoms with Crippen LogP contribution in [0.15, 0.2) is 60.8 Å². The standard InChI is InChI=1S/C41H45N7O4S/c1-25-31(21-43-48(25)24-40-17-26-16-27(18-40)20-41(19-26,23-40)52-15-13-42-2)29-10-11-35(45-36(29)38(50)51)47-14-12-28-6-5-7-30(32(28)22-47)37(49)46-39-44-33-8-3-4-9-34(33)53-39/h3-11,21,26-27,42H,12-20,22-24H2,1-2H3,(H,50,51)(H,44,46,49). The van der Waals surface area contributed by atoms with E-state index in [1.807, 2.05) is 68.7 Å². The van der Waals surface area contributed by atoms with Gasteiger partial charge in [-0.3, -0.25) is 14.8 Å². The van der Waals surface area contributed by atoms with Gasteiger partial charge in [0.05, 0.1) is 28.6 Å². The molecule has 4 bridgehead atoms. The maximum absolute atomic E-state index is 13.6. The average molecular weight is 732 g/mol. The summed E-state index contributed by atoms with van der Waals surface area (Å²) in [5.74, 6) is 0.670. The molecule has 4 saturated carbocycles. The number of hydrogen-bond donors (Lipinski definition) is 3. The molecule has 0 saturated heterocycles. The van der Waals surface area contributed by atoms with Gasteiger partial charge in [0.1, 0.15) is 5.82 Å². The van der Waals surface area contributed by atoms with E-state index in [2.05, 4.69) is 31.3 Å². The van der Waals surface area contributed by atoms with Gasteiger partial charge in [0, 0.05) is 48.6 Å². The molecule has 12 heteroatoms. The lowest BCUT2D eigenvalue weighted by Gasteiger charge is -2.61. The summed E-state index contributed by atoms with van der Waals surface area (Å²) in [6, 6.07) is 17.4. The van der Waals surface area contributed by atoms with Crippen molar-refractivity contribution in [3.05, 3.63) is 88.9 Å². The number of likely N-dealkylation sites (N-methyl/N-ethyl adjacent to an activating group) is 1. The molecule has 5 aromatic rings. The SMILES string of the molecule is CNCCOC12CC3CC(CC(Cn4ncc(-c5ccc(N6CCc7cccc(C(=O)Nc8nc9ccccc9s8)c7C6)nc5C(=O)O)c4C)(C3)C1)C2. The van der Waals surface area contributed by atoms with E-state index in [0.29, 0.717) is 53.4 Å². The van der Waals surface area contributed by atoms with E-state index >= 15 is 0 Å². The minimum absolute atomic E-state index is 0.00417. The zero-order valence-electron chi connectivity index (χ0n) is 30.2. The van der Waals surface area contributed by atoms with Gasteiger partial charge in [-0.15, -0.1) is 0 Å². The molecule has 1 aliphatic heterocycles. The number of fused-ring (bicyclic) bond motifs is 2. The van der Waals surface area contributed by atoms with Crippen molar-refractivity contribution in [1.29, 1.82) is 0 Å². The summed E-state index contributed by atoms with van der Waals surface area (Å²) in [5, 5.41) is 22.1. The summed E-state index contributed by atoms with van der Waals surface area (Å²) >= 11 is 1.45. The number of para-hydroxylation sites is 1. The van der Waals surface area contributed by atoms with Crippen LogP contribution in [-0.2, 0) is 24.2 Å². The topological polar surface area (TPSA) is 134 Å². The van der Waals surface area contributed by atoms with Crippen LogP contribution < -0.4 is 15.5 Å². The summed E-state index contributed by atoms with van der Waals surface area (Å²) in [4.78, 5) is 37.8. The number of benzene rings is 2. The van der Waals surface area contributed by atoms with E-state index in [4.69, 9.17) is 14.8 Å². The first-order valence-electron chi connectivity index (χ1n) is 18.8. The van der Waals surface area contributed by atoms with Gasteiger partial charge in [-0.05, 0) is 118 Å². The van der Waals surface area contributed by atoms with Crippen molar-refractivity contribution in [3.63, 3.8) is 0 Å². The predicted octanol–water partition coefficient (Wildman–Crippen LogP) is 6.95. The van der Waals surface area contributed by atoms with Crippen molar-refractivity contribution in [2.75, 3.05) is 37.0 Å². The summed E-state index contributed by atoms with van der Waals surface area (Å²) in [6.07, 6.45) is 9.63. The highest BCUT2D eigenvalue weighted by molar-refractivity contribution is 7.22. The molecule has 4 fully saturated rings. The first-order valence-corrected chi connectivity index (χ1v) is 19.6. The lowest BCUT2D eigenvalue weighted by atomic mass is 9.48. The highest BCUT2D eigenvalue weighted by atomic mass is 32.1. The van der Waals surface area contributed by atoms with Crippen LogP contribution in [0.1, 0.15) is 76.2 Å². The molecule has 11 nitrogen and oxygen atoms in total. The van der Waals surface area contributed by atoms with Gasteiger partial charge in [-0.2, -0.15) is 5.10 Å². The smallest absolute Gasteiger partial charge is 0.355 e. The molecule has 2 atom stereocenters. The molecule has 1 amide bonds. The van der Waals surface area contributed by atoms with Crippen molar-refractivity contribution in [3.8, 4) is 11.1 Å². The molecule has 274 valence electrons. The van der Waals surface area contributed by atoms with Crippen LogP contribution in [0.25, 0.3) is 21.3 Å². The van der Waals surface area contributed by atoms with Gasteiger partial charge in [0.2, 0.25) is 0 Å². The summed E-state index contributed by atoms with van der Waals surface area (Å²) < 4.78 is 9.75. The Hall–Kier alpha value is -4.65. The Morgan fingerprint density at radius 2 is 1.85 bits per heavy atom. The molecule has 2 unspecified atom stereocenters. The quantitative estimate of drug-likeness (QED) is 0.123. The second-order valence-corrected chi connectivity index (χ2v) is 16.9. The molecule has 10 rings (SSSR count). The van der Waals surface area contributed by atoms with Crippen LogP contribution >= 0.6 is 11.3 Å². The molecule has 5 aliphatic rings. The monoisotopic (exact) mass is 731 g/mol. The number of nitrogens with zero attached hydrogens (tertiary/aromatic N) is 5.